The van der Waals surface area contributed by atoms with Crippen molar-refractivity contribution in [2.24, 2.45) is 0 Å². The molecule has 0 bridgehead atoms. The molecule has 0 aliphatic heterocycles. The summed E-state index contributed by atoms with van der Waals surface area (Å²) in [5.41, 5.74) is 2.72. The Morgan fingerprint density at radius 1 is 0.967 bits per heavy atom. The van der Waals surface area contributed by atoms with Crippen molar-refractivity contribution in [3.8, 4) is 22.4 Å². The maximum Gasteiger partial charge on any atom is 0.277 e. The first kappa shape index (κ1) is 19.2. The lowest BCUT2D eigenvalue weighted by Gasteiger charge is -2.19. The van der Waals surface area contributed by atoms with Crippen molar-refractivity contribution in [1.29, 1.82) is 0 Å². The number of hydrogen-bond donors (Lipinski definition) is 1. The fourth-order valence-corrected chi connectivity index (χ4v) is 3.26. The van der Waals surface area contributed by atoms with Crippen LogP contribution in [0.3, 0.4) is 0 Å². The molecular weight excluding hydrogens is 378 g/mol. The lowest BCUT2D eigenvalue weighted by molar-refractivity contribution is 0.0782. The van der Waals surface area contributed by atoms with Gasteiger partial charge < -0.3 is 4.90 Å². The fourth-order valence-electron chi connectivity index (χ4n) is 3.26. The van der Waals surface area contributed by atoms with Crippen LogP contribution in [0.15, 0.2) is 84.0 Å². The normalized spacial score (nSPS) is 10.6. The molecule has 2 heterocycles. The molecule has 0 fully saturated rings. The summed E-state index contributed by atoms with van der Waals surface area (Å²) in [4.78, 5) is 35.9. The molecule has 7 heteroatoms. The second-order valence-corrected chi connectivity index (χ2v) is 6.74. The summed E-state index contributed by atoms with van der Waals surface area (Å²) >= 11 is 0. The number of hydrogen-bond acceptors (Lipinski definition) is 5. The molecule has 0 saturated heterocycles. The molecule has 4 aromatic rings. The van der Waals surface area contributed by atoms with E-state index in [2.05, 4.69) is 20.2 Å². The van der Waals surface area contributed by atoms with Crippen LogP contribution < -0.4 is 5.56 Å². The molecule has 1 N–H and O–H groups in total. The van der Waals surface area contributed by atoms with Gasteiger partial charge in [0.2, 0.25) is 0 Å². The van der Waals surface area contributed by atoms with Crippen molar-refractivity contribution in [2.75, 3.05) is 7.05 Å². The summed E-state index contributed by atoms with van der Waals surface area (Å²) in [7, 11) is 1.63. The van der Waals surface area contributed by atoms with Gasteiger partial charge in [0, 0.05) is 30.6 Å². The number of aromatic amines is 1. The predicted molar refractivity (Wildman–Crippen MR) is 114 cm³/mol. The summed E-state index contributed by atoms with van der Waals surface area (Å²) in [5.74, 6) is -0.416. The zero-order valence-electron chi connectivity index (χ0n) is 16.3. The minimum absolute atomic E-state index is 0.0430. The van der Waals surface area contributed by atoms with Crippen molar-refractivity contribution in [3.63, 3.8) is 0 Å². The zero-order chi connectivity index (χ0) is 20.9. The molecule has 2 aromatic heterocycles. The Labute approximate surface area is 173 Å². The molecule has 30 heavy (non-hydrogen) atoms. The van der Waals surface area contributed by atoms with Gasteiger partial charge in [-0.15, -0.1) is 0 Å². The summed E-state index contributed by atoms with van der Waals surface area (Å²) in [6.07, 6.45) is 4.72. The highest BCUT2D eigenvalue weighted by atomic mass is 16.2. The van der Waals surface area contributed by atoms with Gasteiger partial charge in [0.25, 0.3) is 11.5 Å². The molecule has 148 valence electrons. The topological polar surface area (TPSA) is 91.8 Å². The highest BCUT2D eigenvalue weighted by Gasteiger charge is 2.25. The Morgan fingerprint density at radius 2 is 1.63 bits per heavy atom. The van der Waals surface area contributed by atoms with E-state index in [1.807, 2.05) is 60.7 Å². The molecule has 4 rings (SSSR count). The Kier molecular flexibility index (Phi) is 5.43. The van der Waals surface area contributed by atoms with Crippen molar-refractivity contribution in [1.82, 2.24) is 25.1 Å². The summed E-state index contributed by atoms with van der Waals surface area (Å²) < 4.78 is 0. The quantitative estimate of drug-likeness (QED) is 0.558. The van der Waals surface area contributed by atoms with E-state index in [4.69, 9.17) is 0 Å². The smallest absolute Gasteiger partial charge is 0.277 e. The second-order valence-electron chi connectivity index (χ2n) is 6.74. The fraction of sp³-hybridized carbons (Fsp3) is 0.0870. The maximum atomic E-state index is 13.4. The number of rotatable bonds is 5. The molecule has 0 unspecified atom stereocenters. The van der Waals surface area contributed by atoms with Gasteiger partial charge in [-0.05, 0) is 5.56 Å². The van der Waals surface area contributed by atoms with Crippen molar-refractivity contribution in [3.05, 3.63) is 101 Å². The lowest BCUT2D eigenvalue weighted by atomic mass is 9.95. The van der Waals surface area contributed by atoms with E-state index in [1.54, 1.807) is 25.6 Å². The van der Waals surface area contributed by atoms with E-state index in [0.29, 0.717) is 17.0 Å². The zero-order valence-corrected chi connectivity index (χ0v) is 16.3. The molecule has 7 nitrogen and oxygen atoms in total. The molecule has 0 aliphatic carbocycles. The largest absolute Gasteiger partial charge is 0.336 e. The average molecular weight is 397 g/mol. The van der Waals surface area contributed by atoms with Gasteiger partial charge >= 0.3 is 0 Å². The summed E-state index contributed by atoms with van der Waals surface area (Å²) in [5, 5.41) is 6.78. The summed E-state index contributed by atoms with van der Waals surface area (Å²) in [6, 6.07) is 18.8. The minimum atomic E-state index is -0.537. The van der Waals surface area contributed by atoms with Gasteiger partial charge in [-0.1, -0.05) is 60.7 Å². The monoisotopic (exact) mass is 397 g/mol. The van der Waals surface area contributed by atoms with Crippen LogP contribution in [0, 0.1) is 0 Å². The number of carbonyl (C=O) groups excluding carboxylic acids is 1. The highest BCUT2D eigenvalue weighted by Crippen LogP contribution is 2.32. The number of benzene rings is 2. The van der Waals surface area contributed by atoms with Gasteiger partial charge in [-0.3, -0.25) is 19.6 Å². The highest BCUT2D eigenvalue weighted by molar-refractivity contribution is 6.03. The standard InChI is InChI=1S/C23H19N5O2/c1-28(15-18-14-24-12-13-25-18)23(30)20-19(16-8-4-2-5-9-16)21(26-27-22(20)29)17-10-6-3-7-11-17/h2-14H,15H2,1H3,(H,27,29). The van der Waals surface area contributed by atoms with Crippen LogP contribution in [0.2, 0.25) is 0 Å². The van der Waals surface area contributed by atoms with Crippen LogP contribution in [-0.2, 0) is 6.54 Å². The Balaban J connectivity index is 1.86. The predicted octanol–water partition coefficient (Wildman–Crippen LogP) is 3.17. The number of nitrogens with one attached hydrogen (secondary N) is 1. The third-order valence-corrected chi connectivity index (χ3v) is 4.67. The van der Waals surface area contributed by atoms with E-state index >= 15 is 0 Å². The SMILES string of the molecule is CN(Cc1cnccn1)C(=O)c1c(-c2ccccc2)c(-c2ccccc2)n[nH]c1=O. The second kappa shape index (κ2) is 8.48. The average Bonchev–Trinajstić information content (AvgIpc) is 2.80. The third-order valence-electron chi connectivity index (χ3n) is 4.67. The molecule has 0 radical (unpaired) electrons. The van der Waals surface area contributed by atoms with E-state index in [0.717, 1.165) is 11.1 Å². The number of aromatic nitrogens is 4. The van der Waals surface area contributed by atoms with E-state index < -0.39 is 11.5 Å². The van der Waals surface area contributed by atoms with Crippen molar-refractivity contribution >= 4 is 5.91 Å². The molecule has 0 saturated carbocycles. The molecular formula is C23H19N5O2. The van der Waals surface area contributed by atoms with E-state index in [-0.39, 0.29) is 12.1 Å². The van der Waals surface area contributed by atoms with Gasteiger partial charge in [0.15, 0.2) is 0 Å². The molecule has 0 spiro atoms. The Hall–Kier alpha value is -4.13. The van der Waals surface area contributed by atoms with Crippen LogP contribution >= 0.6 is 0 Å². The van der Waals surface area contributed by atoms with Crippen LogP contribution in [-0.4, -0.2) is 38.0 Å². The van der Waals surface area contributed by atoms with Crippen molar-refractivity contribution < 1.29 is 4.79 Å². The third kappa shape index (κ3) is 3.86. The molecule has 0 aliphatic rings. The molecule has 2 aromatic carbocycles. The Morgan fingerprint density at radius 3 is 2.27 bits per heavy atom. The minimum Gasteiger partial charge on any atom is -0.336 e. The van der Waals surface area contributed by atoms with Crippen LogP contribution in [0.1, 0.15) is 16.1 Å². The molecule has 0 atom stereocenters. The van der Waals surface area contributed by atoms with Gasteiger partial charge in [0.1, 0.15) is 5.56 Å². The van der Waals surface area contributed by atoms with E-state index in [1.165, 1.54) is 4.90 Å². The first-order valence-corrected chi connectivity index (χ1v) is 9.39. The summed E-state index contributed by atoms with van der Waals surface area (Å²) in [6.45, 7) is 0.226. The van der Waals surface area contributed by atoms with Crippen LogP contribution in [0.5, 0.6) is 0 Å². The van der Waals surface area contributed by atoms with E-state index in [9.17, 15) is 9.59 Å². The van der Waals surface area contributed by atoms with Crippen molar-refractivity contribution in [2.45, 2.75) is 6.54 Å². The Bertz CT molecular complexity index is 1210. The molecule has 1 amide bonds. The van der Waals surface area contributed by atoms with Crippen LogP contribution in [0.4, 0.5) is 0 Å². The maximum absolute atomic E-state index is 13.4. The first-order chi connectivity index (χ1) is 14.6. The lowest BCUT2D eigenvalue weighted by Crippen LogP contribution is -2.33. The van der Waals surface area contributed by atoms with Gasteiger partial charge in [-0.2, -0.15) is 5.10 Å². The van der Waals surface area contributed by atoms with Crippen LogP contribution in [0.25, 0.3) is 22.4 Å². The first-order valence-electron chi connectivity index (χ1n) is 9.39. The number of amides is 1. The number of carbonyl (C=O) groups is 1. The number of H-pyrrole nitrogens is 1. The van der Waals surface area contributed by atoms with Gasteiger partial charge in [0.05, 0.1) is 24.1 Å². The van der Waals surface area contributed by atoms with Gasteiger partial charge in [-0.25, -0.2) is 5.10 Å². The number of nitrogens with zero attached hydrogens (tertiary/aromatic N) is 4.